The SMILES string of the molecule is N#CC1(NC(=O)[C@@H]2CCCC[C@H]2c2nc(C3CCOC3)sc2-c2ccc(N3CCS(=O)(=O)CC3)cc2)CC1. The van der Waals surface area contributed by atoms with E-state index in [2.05, 4.69) is 40.6 Å². The van der Waals surface area contributed by atoms with Crippen molar-refractivity contribution in [2.75, 3.05) is 42.7 Å². The van der Waals surface area contributed by atoms with Gasteiger partial charge in [0.2, 0.25) is 5.91 Å². The summed E-state index contributed by atoms with van der Waals surface area (Å²) < 4.78 is 29.4. The summed E-state index contributed by atoms with van der Waals surface area (Å²) in [6, 6.07) is 10.7. The average molecular weight is 555 g/mol. The lowest BCUT2D eigenvalue weighted by Crippen LogP contribution is -2.42. The van der Waals surface area contributed by atoms with Crippen LogP contribution in [0.5, 0.6) is 0 Å². The van der Waals surface area contributed by atoms with E-state index in [1.54, 1.807) is 11.3 Å². The molecule has 8 nitrogen and oxygen atoms in total. The zero-order valence-corrected chi connectivity index (χ0v) is 23.2. The highest BCUT2D eigenvalue weighted by Gasteiger charge is 2.47. The first kappa shape index (κ1) is 25.8. The molecule has 6 rings (SSSR count). The van der Waals surface area contributed by atoms with Crippen LogP contribution in [0.15, 0.2) is 24.3 Å². The molecular formula is C28H34N4O4S2. The molecule has 4 aliphatic rings. The number of ether oxygens (including phenoxy) is 1. The second-order valence-corrected chi connectivity index (χ2v) is 14.5. The number of hydrogen-bond donors (Lipinski definition) is 1. The first-order valence-corrected chi connectivity index (χ1v) is 16.4. The zero-order chi connectivity index (χ0) is 26.3. The van der Waals surface area contributed by atoms with Crippen molar-refractivity contribution in [2.24, 2.45) is 5.92 Å². The Morgan fingerprint density at radius 2 is 1.87 bits per heavy atom. The predicted octanol–water partition coefficient (Wildman–Crippen LogP) is 3.99. The Hall–Kier alpha value is -2.48. The minimum absolute atomic E-state index is 0.00570. The van der Waals surface area contributed by atoms with E-state index in [1.807, 2.05) is 0 Å². The third kappa shape index (κ3) is 5.21. The topological polar surface area (TPSA) is 112 Å². The fraction of sp³-hybridized carbons (Fsp3) is 0.607. The summed E-state index contributed by atoms with van der Waals surface area (Å²) in [5.74, 6) is 0.503. The van der Waals surface area contributed by atoms with Gasteiger partial charge in [-0.2, -0.15) is 5.26 Å². The summed E-state index contributed by atoms with van der Waals surface area (Å²) in [5.41, 5.74) is 2.45. The van der Waals surface area contributed by atoms with E-state index >= 15 is 0 Å². The first-order chi connectivity index (χ1) is 18.4. The van der Waals surface area contributed by atoms with E-state index in [0.29, 0.717) is 19.7 Å². The molecule has 2 aliphatic carbocycles. The Labute approximate surface area is 228 Å². The molecule has 2 aromatic rings. The molecule has 2 saturated carbocycles. The molecule has 10 heteroatoms. The molecule has 3 heterocycles. The molecule has 38 heavy (non-hydrogen) atoms. The minimum Gasteiger partial charge on any atom is -0.381 e. The zero-order valence-electron chi connectivity index (χ0n) is 21.5. The largest absolute Gasteiger partial charge is 0.381 e. The van der Waals surface area contributed by atoms with Crippen molar-refractivity contribution in [2.45, 2.75) is 62.3 Å². The number of sulfone groups is 1. The number of benzene rings is 1. The standard InChI is InChI=1S/C28H34N4O4S2/c29-18-28(10-11-28)31-26(33)23-4-2-1-3-22(23)24-25(37-27(30-24)20-9-14-36-17-20)19-5-7-21(8-6-19)32-12-15-38(34,35)16-13-32/h5-8,20,22-23H,1-4,9-17H2,(H,31,33)/t20?,22-,23-/m1/s1. The predicted molar refractivity (Wildman–Crippen MR) is 147 cm³/mol. The highest BCUT2D eigenvalue weighted by atomic mass is 32.2. The molecule has 4 fully saturated rings. The van der Waals surface area contributed by atoms with Crippen LogP contribution in [0.4, 0.5) is 5.69 Å². The van der Waals surface area contributed by atoms with Crippen LogP contribution in [0.25, 0.3) is 10.4 Å². The monoisotopic (exact) mass is 554 g/mol. The van der Waals surface area contributed by atoms with Crippen molar-refractivity contribution in [3.8, 4) is 16.5 Å². The highest BCUT2D eigenvalue weighted by Crippen LogP contribution is 2.46. The number of nitriles is 1. The number of thiazole rings is 1. The summed E-state index contributed by atoms with van der Waals surface area (Å²) in [6.45, 7) is 2.47. The van der Waals surface area contributed by atoms with Crippen molar-refractivity contribution < 1.29 is 17.9 Å². The lowest BCUT2D eigenvalue weighted by molar-refractivity contribution is -0.127. The van der Waals surface area contributed by atoms with Crippen LogP contribution in [-0.4, -0.2) is 62.7 Å². The summed E-state index contributed by atoms with van der Waals surface area (Å²) in [6.07, 6.45) is 6.22. The van der Waals surface area contributed by atoms with Gasteiger partial charge in [0.15, 0.2) is 9.84 Å². The summed E-state index contributed by atoms with van der Waals surface area (Å²) in [7, 11) is -2.93. The molecular weight excluding hydrogens is 520 g/mol. The number of nitrogens with zero attached hydrogens (tertiary/aromatic N) is 3. The second-order valence-electron chi connectivity index (χ2n) is 11.2. The molecule has 0 bridgehead atoms. The van der Waals surface area contributed by atoms with Crippen molar-refractivity contribution in [1.82, 2.24) is 10.3 Å². The number of aromatic nitrogens is 1. The van der Waals surface area contributed by atoms with Crippen LogP contribution < -0.4 is 10.2 Å². The Bertz CT molecular complexity index is 1320. The third-order valence-corrected chi connectivity index (χ3v) is 11.5. The number of carbonyl (C=O) groups is 1. The van der Waals surface area contributed by atoms with Gasteiger partial charge in [0, 0.05) is 43.1 Å². The molecule has 202 valence electrons. The van der Waals surface area contributed by atoms with E-state index in [-0.39, 0.29) is 35.2 Å². The van der Waals surface area contributed by atoms with Gasteiger partial charge >= 0.3 is 0 Å². The van der Waals surface area contributed by atoms with Crippen LogP contribution in [0.3, 0.4) is 0 Å². The molecule has 1 unspecified atom stereocenters. The Morgan fingerprint density at radius 3 is 2.53 bits per heavy atom. The number of nitrogens with one attached hydrogen (secondary N) is 1. The van der Waals surface area contributed by atoms with E-state index in [9.17, 15) is 18.5 Å². The lowest BCUT2D eigenvalue weighted by Gasteiger charge is -2.31. The Morgan fingerprint density at radius 1 is 1.13 bits per heavy atom. The van der Waals surface area contributed by atoms with Gasteiger partial charge in [-0.05, 0) is 49.8 Å². The lowest BCUT2D eigenvalue weighted by atomic mass is 9.76. The fourth-order valence-corrected chi connectivity index (χ4v) is 8.46. The number of anilines is 1. The van der Waals surface area contributed by atoms with E-state index in [4.69, 9.17) is 9.72 Å². The van der Waals surface area contributed by atoms with Crippen molar-refractivity contribution in [3.05, 3.63) is 35.0 Å². The Balaban J connectivity index is 1.30. The van der Waals surface area contributed by atoms with Crippen molar-refractivity contribution in [3.63, 3.8) is 0 Å². The van der Waals surface area contributed by atoms with E-state index in [1.165, 1.54) is 0 Å². The maximum Gasteiger partial charge on any atom is 0.225 e. The molecule has 2 aliphatic heterocycles. The maximum absolute atomic E-state index is 13.4. The molecule has 1 N–H and O–H groups in total. The molecule has 2 saturated heterocycles. The van der Waals surface area contributed by atoms with Gasteiger partial charge in [0.25, 0.3) is 0 Å². The summed E-state index contributed by atoms with van der Waals surface area (Å²) in [5, 5.41) is 13.7. The molecule has 1 aromatic heterocycles. The average Bonchev–Trinajstić information content (AvgIpc) is 3.30. The first-order valence-electron chi connectivity index (χ1n) is 13.7. The maximum atomic E-state index is 13.4. The molecule has 0 spiro atoms. The smallest absolute Gasteiger partial charge is 0.225 e. The number of carbonyl (C=O) groups excluding carboxylic acids is 1. The second kappa shape index (κ2) is 10.2. The van der Waals surface area contributed by atoms with Gasteiger partial charge in [0.05, 0.1) is 39.8 Å². The fourth-order valence-electron chi connectivity index (χ4n) is 6.00. The van der Waals surface area contributed by atoms with Gasteiger partial charge in [-0.3, -0.25) is 4.79 Å². The van der Waals surface area contributed by atoms with Crippen molar-refractivity contribution >= 4 is 32.8 Å². The molecule has 0 radical (unpaired) electrons. The van der Waals surface area contributed by atoms with E-state index < -0.39 is 15.4 Å². The molecule has 1 aromatic carbocycles. The molecule has 1 amide bonds. The normalized spacial score (nSPS) is 28.0. The number of rotatable bonds is 6. The van der Waals surface area contributed by atoms with Crippen LogP contribution in [0.2, 0.25) is 0 Å². The van der Waals surface area contributed by atoms with Crippen LogP contribution in [0, 0.1) is 17.2 Å². The van der Waals surface area contributed by atoms with Gasteiger partial charge in [-0.25, -0.2) is 13.4 Å². The van der Waals surface area contributed by atoms with Gasteiger partial charge in [0.1, 0.15) is 5.54 Å². The summed E-state index contributed by atoms with van der Waals surface area (Å²) in [4.78, 5) is 21.9. The molecule has 3 atom stereocenters. The minimum atomic E-state index is -2.93. The third-order valence-electron chi connectivity index (χ3n) is 8.57. The van der Waals surface area contributed by atoms with Crippen LogP contribution >= 0.6 is 11.3 Å². The van der Waals surface area contributed by atoms with Gasteiger partial charge < -0.3 is 15.0 Å². The van der Waals surface area contributed by atoms with Crippen LogP contribution in [0.1, 0.15) is 67.5 Å². The van der Waals surface area contributed by atoms with E-state index in [0.717, 1.165) is 78.4 Å². The van der Waals surface area contributed by atoms with Gasteiger partial charge in [-0.15, -0.1) is 11.3 Å². The van der Waals surface area contributed by atoms with Gasteiger partial charge in [-0.1, -0.05) is 25.0 Å². The number of amides is 1. The van der Waals surface area contributed by atoms with Crippen molar-refractivity contribution in [1.29, 1.82) is 5.26 Å². The quantitative estimate of drug-likeness (QED) is 0.574. The highest BCUT2D eigenvalue weighted by molar-refractivity contribution is 7.91. The number of hydrogen-bond acceptors (Lipinski definition) is 8. The van der Waals surface area contributed by atoms with Crippen LogP contribution in [-0.2, 0) is 19.4 Å². The summed E-state index contributed by atoms with van der Waals surface area (Å²) >= 11 is 1.72. The Kier molecular flexibility index (Phi) is 6.95.